The van der Waals surface area contributed by atoms with E-state index in [1.54, 1.807) is 4.90 Å². The van der Waals surface area contributed by atoms with Gasteiger partial charge in [0.25, 0.3) is 0 Å². The fourth-order valence-corrected chi connectivity index (χ4v) is 2.43. The minimum absolute atomic E-state index is 0.0591. The Morgan fingerprint density at radius 1 is 0.947 bits per heavy atom. The topological polar surface area (TPSA) is 15.3 Å². The SMILES string of the molecule is CCCN(CC(F)(F)F)CC(CC)(CC)CNCC. The van der Waals surface area contributed by atoms with Crippen molar-refractivity contribution in [3.63, 3.8) is 0 Å². The highest BCUT2D eigenvalue weighted by Gasteiger charge is 2.34. The quantitative estimate of drug-likeness (QED) is 0.657. The van der Waals surface area contributed by atoms with E-state index in [1.807, 2.05) is 13.8 Å². The Hall–Kier alpha value is -0.290. The molecule has 19 heavy (non-hydrogen) atoms. The van der Waals surface area contributed by atoms with Crippen molar-refractivity contribution in [1.29, 1.82) is 0 Å². The van der Waals surface area contributed by atoms with Crippen LogP contribution in [-0.2, 0) is 0 Å². The molecule has 0 aromatic carbocycles. The van der Waals surface area contributed by atoms with Crippen LogP contribution in [0.1, 0.15) is 47.0 Å². The van der Waals surface area contributed by atoms with Gasteiger partial charge in [-0.1, -0.05) is 27.7 Å². The highest BCUT2D eigenvalue weighted by Crippen LogP contribution is 2.28. The van der Waals surface area contributed by atoms with Gasteiger partial charge in [0.05, 0.1) is 6.54 Å². The van der Waals surface area contributed by atoms with Crippen molar-refractivity contribution in [3.05, 3.63) is 0 Å². The Labute approximate surface area is 115 Å². The molecule has 0 saturated carbocycles. The molecule has 5 heteroatoms. The molecule has 2 nitrogen and oxygen atoms in total. The van der Waals surface area contributed by atoms with Crippen molar-refractivity contribution in [2.45, 2.75) is 53.1 Å². The average Bonchev–Trinajstić information content (AvgIpc) is 2.33. The van der Waals surface area contributed by atoms with E-state index in [1.165, 1.54) is 0 Å². The van der Waals surface area contributed by atoms with E-state index in [-0.39, 0.29) is 5.41 Å². The van der Waals surface area contributed by atoms with Gasteiger partial charge in [-0.3, -0.25) is 4.90 Å². The molecule has 0 fully saturated rings. The number of nitrogens with zero attached hydrogens (tertiary/aromatic N) is 1. The van der Waals surface area contributed by atoms with Gasteiger partial charge < -0.3 is 5.32 Å². The molecule has 116 valence electrons. The van der Waals surface area contributed by atoms with Crippen LogP contribution in [0.4, 0.5) is 13.2 Å². The van der Waals surface area contributed by atoms with Crippen molar-refractivity contribution in [2.24, 2.45) is 5.41 Å². The van der Waals surface area contributed by atoms with Crippen LogP contribution in [0.25, 0.3) is 0 Å². The minimum Gasteiger partial charge on any atom is -0.316 e. The van der Waals surface area contributed by atoms with Crippen LogP contribution < -0.4 is 5.32 Å². The summed E-state index contributed by atoms with van der Waals surface area (Å²) in [5.41, 5.74) is -0.0591. The molecule has 0 aromatic rings. The summed E-state index contributed by atoms with van der Waals surface area (Å²) in [5.74, 6) is 0. The van der Waals surface area contributed by atoms with Crippen LogP contribution in [0.15, 0.2) is 0 Å². The molecule has 0 atom stereocenters. The monoisotopic (exact) mass is 282 g/mol. The third kappa shape index (κ3) is 7.78. The first-order valence-corrected chi connectivity index (χ1v) is 7.32. The number of hydrogen-bond acceptors (Lipinski definition) is 2. The Balaban J connectivity index is 4.72. The minimum atomic E-state index is -4.11. The first-order chi connectivity index (χ1) is 8.82. The molecule has 0 aliphatic rings. The summed E-state index contributed by atoms with van der Waals surface area (Å²) in [7, 11) is 0. The van der Waals surface area contributed by atoms with Gasteiger partial charge in [-0.25, -0.2) is 0 Å². The Kier molecular flexibility index (Phi) is 8.66. The zero-order valence-electron chi connectivity index (χ0n) is 12.7. The Morgan fingerprint density at radius 2 is 1.53 bits per heavy atom. The van der Waals surface area contributed by atoms with Crippen LogP contribution >= 0.6 is 0 Å². The average molecular weight is 282 g/mol. The lowest BCUT2D eigenvalue weighted by atomic mass is 9.81. The third-order valence-electron chi connectivity index (χ3n) is 3.75. The van der Waals surface area contributed by atoms with Crippen molar-refractivity contribution in [3.8, 4) is 0 Å². The van der Waals surface area contributed by atoms with Crippen molar-refractivity contribution in [1.82, 2.24) is 10.2 Å². The Morgan fingerprint density at radius 3 is 1.89 bits per heavy atom. The highest BCUT2D eigenvalue weighted by atomic mass is 19.4. The molecule has 0 aromatic heterocycles. The summed E-state index contributed by atoms with van der Waals surface area (Å²) in [5, 5.41) is 3.29. The van der Waals surface area contributed by atoms with Gasteiger partial charge in [-0.05, 0) is 37.8 Å². The predicted molar refractivity (Wildman–Crippen MR) is 74.3 cm³/mol. The summed E-state index contributed by atoms with van der Waals surface area (Å²) >= 11 is 0. The molecule has 0 heterocycles. The van der Waals surface area contributed by atoms with Gasteiger partial charge in [0.15, 0.2) is 0 Å². The maximum Gasteiger partial charge on any atom is 0.401 e. The summed E-state index contributed by atoms with van der Waals surface area (Å²) in [6.07, 6.45) is -1.56. The van der Waals surface area contributed by atoms with E-state index in [0.29, 0.717) is 13.1 Å². The maximum absolute atomic E-state index is 12.6. The number of alkyl halides is 3. The molecule has 0 spiro atoms. The summed E-state index contributed by atoms with van der Waals surface area (Å²) in [6, 6.07) is 0. The maximum atomic E-state index is 12.6. The lowest BCUT2D eigenvalue weighted by molar-refractivity contribution is -0.149. The summed E-state index contributed by atoms with van der Waals surface area (Å²) < 4.78 is 37.8. The largest absolute Gasteiger partial charge is 0.401 e. The number of hydrogen-bond donors (Lipinski definition) is 1. The first kappa shape index (κ1) is 18.7. The molecule has 0 radical (unpaired) electrons. The highest BCUT2D eigenvalue weighted by molar-refractivity contribution is 4.83. The van der Waals surface area contributed by atoms with E-state index in [2.05, 4.69) is 19.2 Å². The fourth-order valence-electron chi connectivity index (χ4n) is 2.43. The lowest BCUT2D eigenvalue weighted by Crippen LogP contribution is -2.46. The molecule has 1 N–H and O–H groups in total. The zero-order valence-corrected chi connectivity index (χ0v) is 12.7. The zero-order chi connectivity index (χ0) is 14.9. The van der Waals surface area contributed by atoms with E-state index in [0.717, 1.165) is 32.4 Å². The number of nitrogens with one attached hydrogen (secondary N) is 1. The fraction of sp³-hybridized carbons (Fsp3) is 1.00. The standard InChI is InChI=1S/C14H29F3N2/c1-5-9-19(12-14(15,16)17)11-13(6-2,7-3)10-18-8-4/h18H,5-12H2,1-4H3. The first-order valence-electron chi connectivity index (χ1n) is 7.32. The summed E-state index contributed by atoms with van der Waals surface area (Å²) in [6.45, 7) is 9.95. The normalized spacial score (nSPS) is 13.3. The molecule has 0 saturated heterocycles. The van der Waals surface area contributed by atoms with Gasteiger partial charge in [-0.2, -0.15) is 13.2 Å². The van der Waals surface area contributed by atoms with Gasteiger partial charge in [0, 0.05) is 13.1 Å². The Bertz CT molecular complexity index is 225. The van der Waals surface area contributed by atoms with E-state index >= 15 is 0 Å². The van der Waals surface area contributed by atoms with Gasteiger partial charge in [0.1, 0.15) is 0 Å². The van der Waals surface area contributed by atoms with Gasteiger partial charge in [-0.15, -0.1) is 0 Å². The molecular formula is C14H29F3N2. The van der Waals surface area contributed by atoms with Crippen molar-refractivity contribution in [2.75, 3.05) is 32.7 Å². The van der Waals surface area contributed by atoms with Gasteiger partial charge >= 0.3 is 6.18 Å². The van der Waals surface area contributed by atoms with Crippen molar-refractivity contribution < 1.29 is 13.2 Å². The smallest absolute Gasteiger partial charge is 0.316 e. The third-order valence-corrected chi connectivity index (χ3v) is 3.75. The van der Waals surface area contributed by atoms with E-state index in [4.69, 9.17) is 0 Å². The second-order valence-electron chi connectivity index (χ2n) is 5.31. The molecule has 0 rings (SSSR count). The molecule has 0 amide bonds. The lowest BCUT2D eigenvalue weighted by Gasteiger charge is -2.37. The van der Waals surface area contributed by atoms with E-state index < -0.39 is 12.7 Å². The molecular weight excluding hydrogens is 253 g/mol. The number of rotatable bonds is 10. The van der Waals surface area contributed by atoms with E-state index in [9.17, 15) is 13.2 Å². The van der Waals surface area contributed by atoms with Crippen LogP contribution in [0, 0.1) is 5.41 Å². The predicted octanol–water partition coefficient (Wildman–Crippen LogP) is 3.68. The summed E-state index contributed by atoms with van der Waals surface area (Å²) in [4.78, 5) is 1.56. The second kappa shape index (κ2) is 8.80. The van der Waals surface area contributed by atoms with Crippen LogP contribution in [0.5, 0.6) is 0 Å². The number of halogens is 3. The van der Waals surface area contributed by atoms with Crippen LogP contribution in [0.3, 0.4) is 0 Å². The molecule has 0 aliphatic heterocycles. The van der Waals surface area contributed by atoms with Gasteiger partial charge in [0.2, 0.25) is 0 Å². The van der Waals surface area contributed by atoms with Crippen LogP contribution in [0.2, 0.25) is 0 Å². The molecule has 0 unspecified atom stereocenters. The van der Waals surface area contributed by atoms with Crippen LogP contribution in [-0.4, -0.2) is 43.8 Å². The second-order valence-corrected chi connectivity index (χ2v) is 5.31. The molecule has 0 bridgehead atoms. The molecule has 0 aliphatic carbocycles. The van der Waals surface area contributed by atoms with Crippen molar-refractivity contribution >= 4 is 0 Å².